The number of pyridine rings is 2. The third-order valence-electron chi connectivity index (χ3n) is 10.3. The van der Waals surface area contributed by atoms with Gasteiger partial charge in [0.25, 0.3) is 0 Å². The van der Waals surface area contributed by atoms with E-state index in [1.165, 1.54) is 33.7 Å². The molecule has 2 heterocycles. The molecule has 4 aromatic rings. The number of aliphatic hydroxyl groups is 1. The van der Waals surface area contributed by atoms with E-state index in [2.05, 4.69) is 74.3 Å². The normalized spacial score (nSPS) is 13.2. The third kappa shape index (κ3) is 7.86. The van der Waals surface area contributed by atoms with Crippen molar-refractivity contribution in [2.75, 3.05) is 0 Å². The van der Waals surface area contributed by atoms with Crippen molar-refractivity contribution in [2.45, 2.75) is 106 Å². The zero-order valence-electron chi connectivity index (χ0n) is 29.2. The number of fused-ring (bicyclic) bond motifs is 4. The smallest absolute Gasteiger partial charge is 0.164 e. The maximum atomic E-state index is 12.2. The van der Waals surface area contributed by atoms with Crippen molar-refractivity contribution in [3.05, 3.63) is 95.5 Å². The van der Waals surface area contributed by atoms with Crippen LogP contribution in [-0.2, 0) is 43.2 Å². The molecule has 2 aromatic heterocycles. The first-order valence-electron chi connectivity index (χ1n) is 16.6. The number of carbonyl (C=O) groups is 1. The van der Waals surface area contributed by atoms with E-state index in [-0.39, 0.29) is 47.9 Å². The Bertz CT molecular complexity index is 1690. The van der Waals surface area contributed by atoms with E-state index in [4.69, 9.17) is 4.98 Å². The minimum atomic E-state index is -0.337. The van der Waals surface area contributed by atoms with Crippen molar-refractivity contribution in [1.29, 1.82) is 0 Å². The molecular formula is C41H51IrN2O2-. The van der Waals surface area contributed by atoms with Gasteiger partial charge in [-0.15, -0.1) is 29.1 Å². The summed E-state index contributed by atoms with van der Waals surface area (Å²) in [7, 11) is 0. The molecule has 0 fully saturated rings. The second-order valence-corrected chi connectivity index (χ2v) is 14.1. The molecule has 5 heteroatoms. The number of benzene rings is 2. The molecular weight excluding hydrogens is 745 g/mol. The summed E-state index contributed by atoms with van der Waals surface area (Å²) >= 11 is 0. The predicted octanol–water partition coefficient (Wildman–Crippen LogP) is 10.8. The molecule has 0 saturated carbocycles. The Labute approximate surface area is 290 Å². The number of aliphatic hydroxyl groups excluding tert-OH is 1. The maximum absolute atomic E-state index is 12.2. The van der Waals surface area contributed by atoms with Gasteiger partial charge in [-0.1, -0.05) is 104 Å². The molecule has 1 aliphatic carbocycles. The molecule has 1 radical (unpaired) electrons. The summed E-state index contributed by atoms with van der Waals surface area (Å²) in [5.74, 6) is 0.286. The van der Waals surface area contributed by atoms with E-state index < -0.39 is 0 Å². The van der Waals surface area contributed by atoms with Crippen LogP contribution in [0, 0.1) is 16.9 Å². The van der Waals surface area contributed by atoms with Gasteiger partial charge in [0.15, 0.2) is 5.78 Å². The number of hydrogen-bond acceptors (Lipinski definition) is 4. The molecule has 0 unspecified atom stereocenters. The second-order valence-electron chi connectivity index (χ2n) is 14.1. The van der Waals surface area contributed by atoms with Gasteiger partial charge in [-0.25, -0.2) is 0 Å². The van der Waals surface area contributed by atoms with Crippen LogP contribution >= 0.6 is 0 Å². The molecule has 247 valence electrons. The van der Waals surface area contributed by atoms with Crippen LogP contribution in [0.5, 0.6) is 0 Å². The van der Waals surface area contributed by atoms with Crippen LogP contribution in [0.3, 0.4) is 0 Å². The molecule has 5 rings (SSSR count). The monoisotopic (exact) mass is 796 g/mol. The van der Waals surface area contributed by atoms with E-state index >= 15 is 0 Å². The van der Waals surface area contributed by atoms with E-state index in [9.17, 15) is 9.90 Å². The zero-order valence-corrected chi connectivity index (χ0v) is 31.6. The Morgan fingerprint density at radius 1 is 0.848 bits per heavy atom. The summed E-state index contributed by atoms with van der Waals surface area (Å²) in [6, 6.07) is 20.8. The molecule has 1 N–H and O–H groups in total. The fourth-order valence-electron chi connectivity index (χ4n) is 5.87. The molecule has 4 nitrogen and oxygen atoms in total. The number of ketones is 1. The average Bonchev–Trinajstić information content (AvgIpc) is 3.06. The van der Waals surface area contributed by atoms with Crippen LogP contribution in [0.1, 0.15) is 105 Å². The number of aromatic nitrogens is 2. The van der Waals surface area contributed by atoms with Gasteiger partial charge in [0.1, 0.15) is 5.76 Å². The third-order valence-corrected chi connectivity index (χ3v) is 10.3. The minimum Gasteiger partial charge on any atom is -0.512 e. The maximum Gasteiger partial charge on any atom is 0.164 e. The van der Waals surface area contributed by atoms with Gasteiger partial charge < -0.3 is 5.11 Å². The summed E-state index contributed by atoms with van der Waals surface area (Å²) in [4.78, 5) is 21.6. The average molecular weight is 796 g/mol. The Kier molecular flexibility index (Phi) is 12.3. The van der Waals surface area contributed by atoms with Gasteiger partial charge in [0.05, 0.1) is 5.69 Å². The number of carbonyl (C=O) groups excluding carboxylic acids is 1. The summed E-state index contributed by atoms with van der Waals surface area (Å²) in [6.45, 7) is 18.9. The molecule has 2 aromatic carbocycles. The molecule has 1 aliphatic rings. The number of allylic oxidation sites excluding steroid dienone is 2. The fourth-order valence-corrected chi connectivity index (χ4v) is 5.87. The van der Waals surface area contributed by atoms with Crippen molar-refractivity contribution >= 4 is 16.6 Å². The van der Waals surface area contributed by atoms with Crippen LogP contribution < -0.4 is 0 Å². The molecule has 0 bridgehead atoms. The first-order chi connectivity index (χ1) is 21.3. The standard InChI is InChI=1S/C26H23N2.C15H28O2.Ir/c1-26(2,3)23-14-20(13-18-7-4-5-9-21(18)23)24-15-22-19(16-28-24)11-10-17-8-6-12-27-25(17)22;1-7-14(5,8-2)12(16)11-13(17)15(6,9-3)10-4;/h4-9,12,14-16H,10-11H2,1-3H3;11,16H,7-10H2,1-6H3;/q-1;;/b;12-11-;. The number of rotatable bonds is 8. The minimum absolute atomic E-state index is 0. The van der Waals surface area contributed by atoms with Gasteiger partial charge >= 0.3 is 0 Å². The van der Waals surface area contributed by atoms with E-state index in [1.54, 1.807) is 0 Å². The summed E-state index contributed by atoms with van der Waals surface area (Å²) in [5, 5.41) is 12.5. The largest absolute Gasteiger partial charge is 0.512 e. The van der Waals surface area contributed by atoms with Crippen molar-refractivity contribution in [3.8, 4) is 22.5 Å². The first kappa shape index (κ1) is 37.3. The fraction of sp³-hybridized carbons (Fsp3) is 0.439. The topological polar surface area (TPSA) is 63.1 Å². The van der Waals surface area contributed by atoms with E-state index in [0.29, 0.717) is 0 Å². The van der Waals surface area contributed by atoms with Gasteiger partial charge in [0.2, 0.25) is 0 Å². The Morgan fingerprint density at radius 2 is 1.48 bits per heavy atom. The van der Waals surface area contributed by atoms with Crippen molar-refractivity contribution in [1.82, 2.24) is 9.97 Å². The molecule has 0 aliphatic heterocycles. The molecule has 0 amide bonds. The number of nitrogens with zero attached hydrogens (tertiary/aromatic N) is 2. The Morgan fingerprint density at radius 3 is 2.11 bits per heavy atom. The van der Waals surface area contributed by atoms with E-state index in [1.807, 2.05) is 60.0 Å². The van der Waals surface area contributed by atoms with Crippen molar-refractivity contribution < 1.29 is 30.0 Å². The van der Waals surface area contributed by atoms with Crippen LogP contribution in [0.2, 0.25) is 0 Å². The van der Waals surface area contributed by atoms with Gasteiger partial charge in [0, 0.05) is 55.1 Å². The molecule has 0 saturated heterocycles. The van der Waals surface area contributed by atoms with Crippen LogP contribution in [-0.4, -0.2) is 20.9 Å². The SMILES string of the molecule is CC(C)(C)c1cc(-c2cc3c(cn2)CCc2cccnc2-3)[c-]c2ccccc12.CCC(C)(CC)C(=O)/C=C(\O)C(C)(CC)CC.[Ir]. The van der Waals surface area contributed by atoms with Gasteiger partial charge in [-0.05, 0) is 66.7 Å². The number of hydrogen-bond donors (Lipinski definition) is 1. The predicted molar refractivity (Wildman–Crippen MR) is 188 cm³/mol. The first-order valence-corrected chi connectivity index (χ1v) is 16.6. The number of aryl methyl sites for hydroxylation is 2. The van der Waals surface area contributed by atoms with Crippen molar-refractivity contribution in [2.24, 2.45) is 10.8 Å². The summed E-state index contributed by atoms with van der Waals surface area (Å²) < 4.78 is 0. The summed E-state index contributed by atoms with van der Waals surface area (Å²) in [6.07, 6.45) is 10.7. The molecule has 0 spiro atoms. The van der Waals surface area contributed by atoms with Crippen LogP contribution in [0.4, 0.5) is 0 Å². The Hall–Kier alpha value is -3.14. The van der Waals surface area contributed by atoms with Crippen LogP contribution in [0.25, 0.3) is 33.3 Å². The molecule has 0 atom stereocenters. The quantitative estimate of drug-likeness (QED) is 0.110. The summed E-state index contributed by atoms with van der Waals surface area (Å²) in [5.41, 5.74) is 7.71. The van der Waals surface area contributed by atoms with Gasteiger partial charge in [-0.2, -0.15) is 0 Å². The van der Waals surface area contributed by atoms with Gasteiger partial charge in [-0.3, -0.25) is 14.8 Å². The molecule has 46 heavy (non-hydrogen) atoms. The van der Waals surface area contributed by atoms with Crippen molar-refractivity contribution in [3.63, 3.8) is 0 Å². The Balaban J connectivity index is 0.000000280. The second kappa shape index (κ2) is 15.2. The van der Waals surface area contributed by atoms with Crippen LogP contribution in [0.15, 0.2) is 72.8 Å². The van der Waals surface area contributed by atoms with E-state index in [0.717, 1.165) is 60.9 Å². The zero-order chi connectivity index (χ0) is 33.0.